The highest BCUT2D eigenvalue weighted by molar-refractivity contribution is 5.15. The number of rotatable bonds is 19. The van der Waals surface area contributed by atoms with Gasteiger partial charge in [-0.1, -0.05) is 36.1 Å². The van der Waals surface area contributed by atoms with Gasteiger partial charge in [-0.15, -0.1) is 0 Å². The SMILES string of the molecule is C[C@H](CCCO)C1CC[C@H]2C3C(OCCCN=[N+]=[N-])CC4C[C@H](OCCCN=[N+]=[N-])CC[C@]4(C)[C@H]3C[C@H](OCCCN=[N+]=[N-])[C@]12C. The van der Waals surface area contributed by atoms with Crippen molar-refractivity contribution in [3.63, 3.8) is 0 Å². The van der Waals surface area contributed by atoms with Crippen LogP contribution in [-0.4, -0.2) is 69.5 Å². The van der Waals surface area contributed by atoms with Crippen LogP contribution in [0.2, 0.25) is 0 Å². The molecule has 258 valence electrons. The minimum Gasteiger partial charge on any atom is -0.396 e. The number of hydrogen-bond acceptors (Lipinski definition) is 7. The summed E-state index contributed by atoms with van der Waals surface area (Å²) >= 11 is 0. The van der Waals surface area contributed by atoms with Crippen LogP contribution in [0.1, 0.15) is 97.8 Å². The first-order chi connectivity index (χ1) is 22.3. The fourth-order valence-electron chi connectivity index (χ4n) is 10.5. The molecule has 4 aliphatic rings. The zero-order valence-electron chi connectivity index (χ0n) is 28.3. The predicted octanol–water partition coefficient (Wildman–Crippen LogP) is 8.53. The van der Waals surface area contributed by atoms with Crippen LogP contribution in [0.5, 0.6) is 0 Å². The van der Waals surface area contributed by atoms with E-state index in [1.165, 1.54) is 12.8 Å². The summed E-state index contributed by atoms with van der Waals surface area (Å²) in [6.07, 6.45) is 12.0. The van der Waals surface area contributed by atoms with Crippen LogP contribution >= 0.6 is 0 Å². The minimum atomic E-state index is -0.00331. The summed E-state index contributed by atoms with van der Waals surface area (Å²) in [5.41, 5.74) is 26.3. The Kier molecular flexibility index (Phi) is 14.2. The quantitative estimate of drug-likeness (QED) is 0.0637. The standard InChI is InChI=1S/C33H57N9O4/c1-23(8-4-16-43)26-9-10-27-31-28(22-30(33(26,27)3)46-19-7-15-39-42-36)32(2)12-11-25(44-17-5-13-37-40-34)20-24(32)21-29(31)45-18-6-14-38-41-35/h23-31,43H,4-22H2,1-3H3/t23-,24?,25-,26?,27+,28+,29?,30+,31?,32+,33-/m1/s1. The summed E-state index contributed by atoms with van der Waals surface area (Å²) in [5.74, 6) is 2.86. The van der Waals surface area contributed by atoms with Gasteiger partial charge in [-0.2, -0.15) is 0 Å². The van der Waals surface area contributed by atoms with Crippen molar-refractivity contribution in [1.29, 1.82) is 0 Å². The number of aliphatic hydroxyl groups excluding tert-OH is 1. The van der Waals surface area contributed by atoms with Gasteiger partial charge in [0.25, 0.3) is 0 Å². The van der Waals surface area contributed by atoms with Crippen molar-refractivity contribution < 1.29 is 19.3 Å². The number of aliphatic hydroxyl groups is 1. The molecule has 46 heavy (non-hydrogen) atoms. The van der Waals surface area contributed by atoms with E-state index in [2.05, 4.69) is 50.8 Å². The molecule has 0 saturated heterocycles. The summed E-state index contributed by atoms with van der Waals surface area (Å²) in [5, 5.41) is 20.8. The van der Waals surface area contributed by atoms with Gasteiger partial charge in [0.15, 0.2) is 0 Å². The molecule has 0 bridgehead atoms. The normalized spacial score (nSPS) is 37.0. The van der Waals surface area contributed by atoms with Crippen molar-refractivity contribution in [3.05, 3.63) is 31.3 Å². The second-order valence-electron chi connectivity index (χ2n) is 14.8. The Balaban J connectivity index is 1.61. The van der Waals surface area contributed by atoms with Gasteiger partial charge in [-0.05, 0) is 135 Å². The summed E-state index contributed by atoms with van der Waals surface area (Å²) in [6.45, 7) is 10.8. The second-order valence-corrected chi connectivity index (χ2v) is 14.8. The highest BCUT2D eigenvalue weighted by atomic mass is 16.5. The zero-order valence-corrected chi connectivity index (χ0v) is 28.3. The lowest BCUT2D eigenvalue weighted by Crippen LogP contribution is -2.63. The molecular weight excluding hydrogens is 586 g/mol. The molecule has 13 nitrogen and oxygen atoms in total. The van der Waals surface area contributed by atoms with Crippen molar-refractivity contribution in [2.24, 2.45) is 61.7 Å². The highest BCUT2D eigenvalue weighted by Crippen LogP contribution is 2.69. The van der Waals surface area contributed by atoms with Crippen LogP contribution in [0.25, 0.3) is 31.3 Å². The Hall–Kier alpha value is -2.23. The van der Waals surface area contributed by atoms with E-state index in [-0.39, 0.29) is 35.7 Å². The Morgan fingerprint density at radius 1 is 0.783 bits per heavy atom. The smallest absolute Gasteiger partial charge is 0.0637 e. The molecule has 4 saturated carbocycles. The molecule has 13 heteroatoms. The van der Waals surface area contributed by atoms with Gasteiger partial charge in [0.1, 0.15) is 0 Å². The van der Waals surface area contributed by atoms with Gasteiger partial charge in [-0.25, -0.2) is 0 Å². The van der Waals surface area contributed by atoms with E-state index in [0.29, 0.717) is 75.0 Å². The zero-order chi connectivity index (χ0) is 33.0. The second kappa shape index (κ2) is 17.8. The van der Waals surface area contributed by atoms with Crippen molar-refractivity contribution in [2.45, 2.75) is 116 Å². The van der Waals surface area contributed by atoms with Crippen LogP contribution in [0, 0.1) is 46.3 Å². The van der Waals surface area contributed by atoms with E-state index in [4.69, 9.17) is 30.8 Å². The van der Waals surface area contributed by atoms with Crippen LogP contribution < -0.4 is 0 Å². The minimum absolute atomic E-state index is 0.00331. The molecule has 0 radical (unpaired) electrons. The third-order valence-corrected chi connectivity index (χ3v) is 12.7. The third kappa shape index (κ3) is 8.24. The van der Waals surface area contributed by atoms with Crippen molar-refractivity contribution in [3.8, 4) is 0 Å². The van der Waals surface area contributed by atoms with Gasteiger partial charge >= 0.3 is 0 Å². The first-order valence-electron chi connectivity index (χ1n) is 17.8. The number of azide groups is 3. The van der Waals surface area contributed by atoms with Crippen molar-refractivity contribution >= 4 is 0 Å². The lowest BCUT2D eigenvalue weighted by molar-refractivity contribution is -0.227. The average molecular weight is 644 g/mol. The fourth-order valence-corrected chi connectivity index (χ4v) is 10.5. The first-order valence-corrected chi connectivity index (χ1v) is 17.8. The highest BCUT2D eigenvalue weighted by Gasteiger charge is 2.66. The third-order valence-electron chi connectivity index (χ3n) is 12.7. The molecule has 4 unspecified atom stereocenters. The van der Waals surface area contributed by atoms with E-state index in [9.17, 15) is 5.11 Å². The molecule has 4 aliphatic carbocycles. The first kappa shape index (κ1) is 36.6. The van der Waals surface area contributed by atoms with Crippen LogP contribution in [0.3, 0.4) is 0 Å². The summed E-state index contributed by atoms with van der Waals surface area (Å²) in [6, 6.07) is 0. The monoisotopic (exact) mass is 643 g/mol. The molecule has 0 aromatic rings. The molecule has 0 aliphatic heterocycles. The largest absolute Gasteiger partial charge is 0.396 e. The molecule has 4 fully saturated rings. The Morgan fingerprint density at radius 3 is 2.04 bits per heavy atom. The topological polar surface area (TPSA) is 194 Å². The number of nitrogens with zero attached hydrogens (tertiary/aromatic N) is 9. The lowest BCUT2D eigenvalue weighted by atomic mass is 9.43. The van der Waals surface area contributed by atoms with E-state index in [1.807, 2.05) is 0 Å². The average Bonchev–Trinajstić information content (AvgIpc) is 3.41. The van der Waals surface area contributed by atoms with Gasteiger partial charge in [-0.3, -0.25) is 0 Å². The maximum atomic E-state index is 9.63. The molecule has 0 aromatic heterocycles. The van der Waals surface area contributed by atoms with E-state index in [1.54, 1.807) is 0 Å². The van der Waals surface area contributed by atoms with Crippen molar-refractivity contribution in [2.75, 3.05) is 46.1 Å². The predicted molar refractivity (Wildman–Crippen MR) is 177 cm³/mol. The van der Waals surface area contributed by atoms with Gasteiger partial charge in [0, 0.05) is 66.2 Å². The van der Waals surface area contributed by atoms with Crippen LogP contribution in [0.4, 0.5) is 0 Å². The lowest BCUT2D eigenvalue weighted by Gasteiger charge is -2.65. The Bertz CT molecular complexity index is 1110. The Morgan fingerprint density at radius 2 is 1.41 bits per heavy atom. The fraction of sp³-hybridized carbons (Fsp3) is 1.00. The van der Waals surface area contributed by atoms with E-state index in [0.717, 1.165) is 64.2 Å². The maximum absolute atomic E-state index is 9.63. The molecule has 1 N–H and O–H groups in total. The van der Waals surface area contributed by atoms with Crippen molar-refractivity contribution in [1.82, 2.24) is 0 Å². The maximum Gasteiger partial charge on any atom is 0.0637 e. The molecule has 0 heterocycles. The van der Waals surface area contributed by atoms with Gasteiger partial charge < -0.3 is 19.3 Å². The Labute approximate surface area is 274 Å². The van der Waals surface area contributed by atoms with Crippen LogP contribution in [0.15, 0.2) is 15.3 Å². The van der Waals surface area contributed by atoms with Gasteiger partial charge in [0.05, 0.1) is 18.3 Å². The number of ether oxygens (including phenoxy) is 3. The number of fused-ring (bicyclic) bond motifs is 5. The summed E-state index contributed by atoms with van der Waals surface area (Å²) in [4.78, 5) is 8.71. The van der Waals surface area contributed by atoms with Gasteiger partial charge in [0.2, 0.25) is 0 Å². The van der Waals surface area contributed by atoms with Crippen LogP contribution in [-0.2, 0) is 14.2 Å². The molecule has 11 atom stereocenters. The molecule has 0 amide bonds. The summed E-state index contributed by atoms with van der Waals surface area (Å²) < 4.78 is 20.1. The molecule has 0 aromatic carbocycles. The summed E-state index contributed by atoms with van der Waals surface area (Å²) in [7, 11) is 0. The molecule has 0 spiro atoms. The molecular formula is C33H57N9O4. The molecule has 4 rings (SSSR count). The van der Waals surface area contributed by atoms with E-state index >= 15 is 0 Å². The number of hydrogen-bond donors (Lipinski definition) is 1. The van der Waals surface area contributed by atoms with E-state index < -0.39 is 0 Å².